The average molecular weight is 351 g/mol. The first-order valence-electron chi connectivity index (χ1n) is 8.28. The lowest BCUT2D eigenvalue weighted by atomic mass is 9.78. The molecule has 132 valence electrons. The summed E-state index contributed by atoms with van der Waals surface area (Å²) in [6, 6.07) is 6.51. The topological polar surface area (TPSA) is 72.5 Å². The molecule has 0 aliphatic heterocycles. The lowest BCUT2D eigenvalue weighted by molar-refractivity contribution is -0.125. The third-order valence-corrected chi connectivity index (χ3v) is 5.75. The number of carbonyl (C=O) groups is 2. The minimum absolute atomic E-state index is 0.152. The van der Waals surface area contributed by atoms with Gasteiger partial charge >= 0.3 is 5.97 Å². The normalized spacial score (nSPS) is 24.9. The molecule has 0 bridgehead atoms. The minimum atomic E-state index is -1.09. The van der Waals surface area contributed by atoms with Crippen LogP contribution in [0.25, 0.3) is 0 Å². The third-order valence-electron chi connectivity index (χ3n) is 4.81. The number of hydrogen-bond donors (Lipinski definition) is 1. The summed E-state index contributed by atoms with van der Waals surface area (Å²) in [6.45, 7) is 4.08. The van der Waals surface area contributed by atoms with Gasteiger partial charge in [0, 0.05) is 28.0 Å². The molecular weight excluding hydrogens is 326 g/mol. The number of ether oxygens (including phenoxy) is 1. The van der Waals surface area contributed by atoms with Crippen molar-refractivity contribution in [3.63, 3.8) is 0 Å². The third kappa shape index (κ3) is 4.90. The Hall–Kier alpha value is -1.69. The molecule has 0 spiro atoms. The first-order chi connectivity index (χ1) is 11.4. The van der Waals surface area contributed by atoms with E-state index in [-0.39, 0.29) is 18.6 Å². The second-order valence-electron chi connectivity index (χ2n) is 6.50. The van der Waals surface area contributed by atoms with Gasteiger partial charge in [0.05, 0.1) is 5.56 Å². The van der Waals surface area contributed by atoms with Crippen molar-refractivity contribution >= 4 is 22.7 Å². The van der Waals surface area contributed by atoms with Gasteiger partial charge in [-0.25, -0.2) is 4.79 Å². The van der Waals surface area contributed by atoms with Crippen LogP contribution in [-0.4, -0.2) is 35.0 Å². The summed E-state index contributed by atoms with van der Waals surface area (Å²) < 4.78 is 16.4. The minimum Gasteiger partial charge on any atom is -0.452 e. The van der Waals surface area contributed by atoms with Crippen molar-refractivity contribution in [2.75, 3.05) is 12.9 Å². The van der Waals surface area contributed by atoms with Crippen LogP contribution in [0.2, 0.25) is 0 Å². The predicted molar refractivity (Wildman–Crippen MR) is 93.2 cm³/mol. The van der Waals surface area contributed by atoms with Gasteiger partial charge in [0.1, 0.15) is 0 Å². The van der Waals surface area contributed by atoms with E-state index in [1.54, 1.807) is 30.5 Å². The van der Waals surface area contributed by atoms with Crippen LogP contribution in [0.15, 0.2) is 29.2 Å². The lowest BCUT2D eigenvalue weighted by Crippen LogP contribution is -2.45. The molecule has 0 aromatic heterocycles. The van der Waals surface area contributed by atoms with Gasteiger partial charge in [0.2, 0.25) is 0 Å². The van der Waals surface area contributed by atoms with Crippen molar-refractivity contribution in [2.45, 2.75) is 44.0 Å². The molecule has 1 N–H and O–H groups in total. The lowest BCUT2D eigenvalue weighted by Gasteiger charge is -2.34. The molecule has 0 saturated heterocycles. The smallest absolute Gasteiger partial charge is 0.338 e. The van der Waals surface area contributed by atoms with Gasteiger partial charge in [0.25, 0.3) is 5.91 Å². The van der Waals surface area contributed by atoms with E-state index >= 15 is 0 Å². The molecule has 1 aliphatic carbocycles. The Labute approximate surface area is 145 Å². The van der Waals surface area contributed by atoms with Crippen LogP contribution in [0.4, 0.5) is 0 Å². The zero-order chi connectivity index (χ0) is 17.7. The summed E-state index contributed by atoms with van der Waals surface area (Å²) in [5.74, 6) is 0.208. The van der Waals surface area contributed by atoms with Crippen molar-refractivity contribution in [3.05, 3.63) is 29.8 Å². The molecule has 24 heavy (non-hydrogen) atoms. The Bertz CT molecular complexity index is 614. The second kappa shape index (κ2) is 8.42. The fraction of sp³-hybridized carbons (Fsp3) is 0.556. The van der Waals surface area contributed by atoms with Gasteiger partial charge in [-0.05, 0) is 42.5 Å². The van der Waals surface area contributed by atoms with Crippen molar-refractivity contribution in [1.29, 1.82) is 0 Å². The maximum atomic E-state index is 12.0. The molecule has 1 aromatic rings. The SMILES string of the molecule is CC1CCCC(NC(=O)COC(=O)c2ccc(S(C)=O)cc2)C1C. The van der Waals surface area contributed by atoms with Crippen LogP contribution in [0.1, 0.15) is 43.5 Å². The number of esters is 1. The van der Waals surface area contributed by atoms with Gasteiger partial charge < -0.3 is 10.1 Å². The highest BCUT2D eigenvalue weighted by atomic mass is 32.2. The molecule has 1 saturated carbocycles. The fourth-order valence-electron chi connectivity index (χ4n) is 3.03. The summed E-state index contributed by atoms with van der Waals surface area (Å²) >= 11 is 0. The molecule has 4 unspecified atom stereocenters. The highest BCUT2D eigenvalue weighted by Crippen LogP contribution is 2.29. The summed E-state index contributed by atoms with van der Waals surface area (Å²) in [6.07, 6.45) is 4.86. The number of carbonyl (C=O) groups excluding carboxylic acids is 2. The maximum absolute atomic E-state index is 12.0. The van der Waals surface area contributed by atoms with E-state index in [1.807, 2.05) is 0 Å². The standard InChI is InChI=1S/C18H25NO4S/c1-12-5-4-6-16(13(12)2)19-17(20)11-23-18(21)14-7-9-15(10-8-14)24(3)22/h7-10,12-13,16H,4-6,11H2,1-3H3,(H,19,20). The van der Waals surface area contributed by atoms with Gasteiger partial charge in [0.15, 0.2) is 6.61 Å². The first-order valence-corrected chi connectivity index (χ1v) is 9.84. The highest BCUT2D eigenvalue weighted by Gasteiger charge is 2.28. The van der Waals surface area contributed by atoms with Crippen LogP contribution < -0.4 is 5.32 Å². The van der Waals surface area contributed by atoms with E-state index < -0.39 is 16.8 Å². The summed E-state index contributed by atoms with van der Waals surface area (Å²) in [4.78, 5) is 24.6. The zero-order valence-corrected chi connectivity index (χ0v) is 15.2. The van der Waals surface area contributed by atoms with E-state index in [9.17, 15) is 13.8 Å². The average Bonchev–Trinajstić information content (AvgIpc) is 2.57. The molecule has 1 amide bonds. The van der Waals surface area contributed by atoms with Crippen molar-refractivity contribution < 1.29 is 18.5 Å². The van der Waals surface area contributed by atoms with Gasteiger partial charge in [-0.1, -0.05) is 26.7 Å². The molecule has 2 rings (SSSR count). The number of hydrogen-bond acceptors (Lipinski definition) is 4. The summed E-state index contributed by atoms with van der Waals surface area (Å²) in [5.41, 5.74) is 0.344. The molecule has 5 nitrogen and oxygen atoms in total. The van der Waals surface area contributed by atoms with Crippen molar-refractivity contribution in [2.24, 2.45) is 11.8 Å². The molecule has 1 aliphatic rings. The number of rotatable bonds is 5. The largest absolute Gasteiger partial charge is 0.452 e. The molecular formula is C18H25NO4S. The van der Waals surface area contributed by atoms with Crippen molar-refractivity contribution in [3.8, 4) is 0 Å². The van der Waals surface area contributed by atoms with Gasteiger partial charge in [-0.2, -0.15) is 0 Å². The van der Waals surface area contributed by atoms with Crippen molar-refractivity contribution in [1.82, 2.24) is 5.32 Å². The Kier molecular flexibility index (Phi) is 6.54. The Morgan fingerprint density at radius 2 is 1.88 bits per heavy atom. The highest BCUT2D eigenvalue weighted by molar-refractivity contribution is 7.84. The Morgan fingerprint density at radius 1 is 1.21 bits per heavy atom. The summed E-state index contributed by atoms with van der Waals surface area (Å²) in [7, 11) is -1.09. The Balaban J connectivity index is 1.82. The quantitative estimate of drug-likeness (QED) is 0.828. The second-order valence-corrected chi connectivity index (χ2v) is 7.88. The molecule has 6 heteroatoms. The van der Waals surface area contributed by atoms with Crippen LogP contribution in [0, 0.1) is 11.8 Å². The number of nitrogens with one attached hydrogen (secondary N) is 1. The van der Waals surface area contributed by atoms with E-state index in [1.165, 1.54) is 6.42 Å². The zero-order valence-electron chi connectivity index (χ0n) is 14.4. The Morgan fingerprint density at radius 3 is 2.50 bits per heavy atom. The van der Waals surface area contributed by atoms with Gasteiger partial charge in [-0.15, -0.1) is 0 Å². The maximum Gasteiger partial charge on any atom is 0.338 e. The number of amides is 1. The van der Waals surface area contributed by atoms with E-state index in [0.717, 1.165) is 12.8 Å². The predicted octanol–water partition coefficient (Wildman–Crippen LogP) is 2.52. The van der Waals surface area contributed by atoms with E-state index in [4.69, 9.17) is 4.74 Å². The number of benzene rings is 1. The van der Waals surface area contributed by atoms with E-state index in [0.29, 0.717) is 22.3 Å². The summed E-state index contributed by atoms with van der Waals surface area (Å²) in [5, 5.41) is 2.97. The van der Waals surface area contributed by atoms with Crippen LogP contribution >= 0.6 is 0 Å². The van der Waals surface area contributed by atoms with Crippen LogP contribution in [0.3, 0.4) is 0 Å². The van der Waals surface area contributed by atoms with Crippen LogP contribution in [0.5, 0.6) is 0 Å². The van der Waals surface area contributed by atoms with Crippen LogP contribution in [-0.2, 0) is 20.3 Å². The molecule has 1 fully saturated rings. The van der Waals surface area contributed by atoms with E-state index in [2.05, 4.69) is 19.2 Å². The first kappa shape index (κ1) is 18.6. The molecule has 0 heterocycles. The molecule has 4 atom stereocenters. The van der Waals surface area contributed by atoms with Gasteiger partial charge in [-0.3, -0.25) is 9.00 Å². The fourth-order valence-corrected chi connectivity index (χ4v) is 3.55. The monoisotopic (exact) mass is 351 g/mol. The molecule has 0 radical (unpaired) electrons. The molecule has 1 aromatic carbocycles.